The Balaban J connectivity index is 1.60. The zero-order valence-corrected chi connectivity index (χ0v) is 15.1. The van der Waals surface area contributed by atoms with Crippen molar-refractivity contribution in [1.29, 1.82) is 0 Å². The van der Waals surface area contributed by atoms with E-state index >= 15 is 0 Å². The second kappa shape index (κ2) is 6.90. The Kier molecular flexibility index (Phi) is 4.56. The Morgan fingerprint density at radius 2 is 2.00 bits per heavy atom. The fourth-order valence-electron chi connectivity index (χ4n) is 2.69. The van der Waals surface area contributed by atoms with Crippen LogP contribution >= 0.6 is 11.3 Å². The minimum Gasteiger partial charge on any atom is -0.380 e. The Hall–Kier alpha value is -2.52. The Bertz CT molecular complexity index is 969. The molecule has 0 aliphatic carbocycles. The number of alkyl halides is 3. The van der Waals surface area contributed by atoms with Crippen LogP contribution in [0.5, 0.6) is 0 Å². The maximum atomic E-state index is 12.8. The first-order valence-corrected chi connectivity index (χ1v) is 9.03. The molecule has 9 heteroatoms. The molecular formula is C18H15F3N4OS. The van der Waals surface area contributed by atoms with Gasteiger partial charge in [-0.25, -0.2) is 15.0 Å². The molecule has 3 heterocycles. The van der Waals surface area contributed by atoms with Gasteiger partial charge in [0.15, 0.2) is 0 Å². The van der Waals surface area contributed by atoms with E-state index in [1.54, 1.807) is 11.3 Å². The second-order valence-corrected chi connectivity index (χ2v) is 7.34. The van der Waals surface area contributed by atoms with E-state index in [4.69, 9.17) is 4.74 Å². The minimum atomic E-state index is -4.51. The van der Waals surface area contributed by atoms with Crippen molar-refractivity contribution < 1.29 is 17.9 Å². The van der Waals surface area contributed by atoms with Gasteiger partial charge in [-0.2, -0.15) is 13.2 Å². The van der Waals surface area contributed by atoms with Crippen LogP contribution in [-0.4, -0.2) is 28.2 Å². The molecule has 27 heavy (non-hydrogen) atoms. The molecule has 1 aromatic carbocycles. The standard InChI is InChI=1S/C18H15F3N4OS/c1-10-4-11(14-7-23-16(27-14)12-8-26-9-12)6-13(5-10)24-17-22-3-2-15(25-17)18(19,20)21/h2-7,12H,8-9H2,1H3,(H,22,24,25). The highest BCUT2D eigenvalue weighted by atomic mass is 32.1. The summed E-state index contributed by atoms with van der Waals surface area (Å²) in [6.45, 7) is 3.31. The highest BCUT2D eigenvalue weighted by molar-refractivity contribution is 7.15. The molecule has 1 N–H and O–H groups in total. The van der Waals surface area contributed by atoms with E-state index in [1.165, 1.54) is 0 Å². The fourth-order valence-corrected chi connectivity index (χ4v) is 3.67. The van der Waals surface area contributed by atoms with Crippen molar-refractivity contribution in [3.63, 3.8) is 0 Å². The number of ether oxygens (including phenoxy) is 1. The van der Waals surface area contributed by atoms with Crippen LogP contribution in [0.3, 0.4) is 0 Å². The van der Waals surface area contributed by atoms with Crippen molar-refractivity contribution in [2.45, 2.75) is 19.0 Å². The number of aromatic nitrogens is 3. The molecule has 1 aliphatic heterocycles. The van der Waals surface area contributed by atoms with E-state index in [-0.39, 0.29) is 5.95 Å². The highest BCUT2D eigenvalue weighted by Gasteiger charge is 2.32. The summed E-state index contributed by atoms with van der Waals surface area (Å²) in [5, 5.41) is 3.90. The van der Waals surface area contributed by atoms with Gasteiger partial charge in [-0.3, -0.25) is 0 Å². The van der Waals surface area contributed by atoms with Crippen molar-refractivity contribution in [2.24, 2.45) is 0 Å². The van der Waals surface area contributed by atoms with E-state index in [0.717, 1.165) is 33.3 Å². The van der Waals surface area contributed by atoms with Crippen LogP contribution in [0.1, 0.15) is 22.2 Å². The quantitative estimate of drug-likeness (QED) is 0.692. The van der Waals surface area contributed by atoms with Crippen molar-refractivity contribution in [3.05, 3.63) is 52.9 Å². The predicted octanol–water partition coefficient (Wildman–Crippen LogP) is 4.78. The lowest BCUT2D eigenvalue weighted by Crippen LogP contribution is -2.24. The van der Waals surface area contributed by atoms with Crippen molar-refractivity contribution in [3.8, 4) is 10.4 Å². The number of halogens is 3. The van der Waals surface area contributed by atoms with Crippen molar-refractivity contribution >= 4 is 23.0 Å². The van der Waals surface area contributed by atoms with Gasteiger partial charge in [0, 0.05) is 18.1 Å². The molecular weight excluding hydrogens is 377 g/mol. The summed E-state index contributed by atoms with van der Waals surface area (Å²) < 4.78 is 43.7. The summed E-state index contributed by atoms with van der Waals surface area (Å²) in [6, 6.07) is 6.53. The Morgan fingerprint density at radius 1 is 1.19 bits per heavy atom. The average molecular weight is 392 g/mol. The topological polar surface area (TPSA) is 59.9 Å². The lowest BCUT2D eigenvalue weighted by atomic mass is 10.1. The van der Waals surface area contributed by atoms with Gasteiger partial charge >= 0.3 is 6.18 Å². The molecule has 5 nitrogen and oxygen atoms in total. The van der Waals surface area contributed by atoms with Gasteiger partial charge in [0.05, 0.1) is 24.0 Å². The number of nitrogens with zero attached hydrogens (tertiary/aromatic N) is 3. The first-order valence-electron chi connectivity index (χ1n) is 8.21. The predicted molar refractivity (Wildman–Crippen MR) is 96.2 cm³/mol. The molecule has 0 saturated carbocycles. The summed E-state index contributed by atoms with van der Waals surface area (Å²) >= 11 is 1.60. The van der Waals surface area contributed by atoms with Crippen LogP contribution in [0.25, 0.3) is 10.4 Å². The normalized spacial score (nSPS) is 14.8. The molecule has 1 saturated heterocycles. The molecule has 1 fully saturated rings. The van der Waals surface area contributed by atoms with Gasteiger partial charge in [-0.15, -0.1) is 11.3 Å². The zero-order chi connectivity index (χ0) is 19.0. The molecule has 0 radical (unpaired) electrons. The summed E-state index contributed by atoms with van der Waals surface area (Å²) in [7, 11) is 0. The first kappa shape index (κ1) is 17.9. The van der Waals surface area contributed by atoms with Gasteiger partial charge < -0.3 is 10.1 Å². The molecule has 0 spiro atoms. The van der Waals surface area contributed by atoms with Gasteiger partial charge in [-0.05, 0) is 36.2 Å². The second-order valence-electron chi connectivity index (χ2n) is 6.27. The van der Waals surface area contributed by atoms with E-state index < -0.39 is 11.9 Å². The van der Waals surface area contributed by atoms with Gasteiger partial charge in [0.1, 0.15) is 10.7 Å². The summed E-state index contributed by atoms with van der Waals surface area (Å²) in [6.07, 6.45) is -1.61. The summed E-state index contributed by atoms with van der Waals surface area (Å²) in [4.78, 5) is 12.9. The number of nitrogens with one attached hydrogen (secondary N) is 1. The maximum Gasteiger partial charge on any atom is 0.433 e. The molecule has 140 valence electrons. The zero-order valence-electron chi connectivity index (χ0n) is 14.2. The van der Waals surface area contributed by atoms with E-state index in [1.807, 2.05) is 31.3 Å². The van der Waals surface area contributed by atoms with E-state index in [0.29, 0.717) is 24.8 Å². The number of thiazole rings is 1. The third-order valence-electron chi connectivity index (χ3n) is 4.07. The van der Waals surface area contributed by atoms with Gasteiger partial charge in [-0.1, -0.05) is 6.07 Å². The van der Waals surface area contributed by atoms with Crippen LogP contribution in [0.4, 0.5) is 24.8 Å². The molecule has 1 aliphatic rings. The Morgan fingerprint density at radius 3 is 2.70 bits per heavy atom. The highest BCUT2D eigenvalue weighted by Crippen LogP contribution is 2.35. The maximum absolute atomic E-state index is 12.8. The molecule has 2 aromatic heterocycles. The van der Waals surface area contributed by atoms with Crippen LogP contribution in [0, 0.1) is 6.92 Å². The molecule has 0 unspecified atom stereocenters. The van der Waals surface area contributed by atoms with E-state index in [2.05, 4.69) is 20.3 Å². The lowest BCUT2D eigenvalue weighted by Gasteiger charge is -2.23. The Labute approximate surface area is 157 Å². The average Bonchev–Trinajstić information content (AvgIpc) is 3.01. The van der Waals surface area contributed by atoms with Gasteiger partial charge in [0.2, 0.25) is 5.95 Å². The number of benzene rings is 1. The molecule has 3 aromatic rings. The smallest absolute Gasteiger partial charge is 0.380 e. The molecule has 0 atom stereocenters. The number of rotatable bonds is 4. The van der Waals surface area contributed by atoms with Crippen molar-refractivity contribution in [1.82, 2.24) is 15.0 Å². The SMILES string of the molecule is Cc1cc(Nc2nccc(C(F)(F)F)n2)cc(-c2cnc(C3COC3)s2)c1. The van der Waals surface area contributed by atoms with Gasteiger partial charge in [0.25, 0.3) is 0 Å². The third-order valence-corrected chi connectivity index (χ3v) is 5.28. The molecule has 4 rings (SSSR count). The fraction of sp³-hybridized carbons (Fsp3) is 0.278. The first-order chi connectivity index (χ1) is 12.9. The summed E-state index contributed by atoms with van der Waals surface area (Å²) in [5.74, 6) is 0.252. The lowest BCUT2D eigenvalue weighted by molar-refractivity contribution is -0.141. The number of hydrogen-bond donors (Lipinski definition) is 1. The van der Waals surface area contributed by atoms with Crippen molar-refractivity contribution in [2.75, 3.05) is 18.5 Å². The monoisotopic (exact) mass is 392 g/mol. The number of anilines is 2. The molecule has 0 bridgehead atoms. The molecule has 0 amide bonds. The number of hydrogen-bond acceptors (Lipinski definition) is 6. The van der Waals surface area contributed by atoms with Crippen LogP contribution in [-0.2, 0) is 10.9 Å². The number of aryl methyl sites for hydroxylation is 1. The summed E-state index contributed by atoms with van der Waals surface area (Å²) in [5.41, 5.74) is 1.53. The third kappa shape index (κ3) is 3.93. The van der Waals surface area contributed by atoms with E-state index in [9.17, 15) is 13.2 Å². The van der Waals surface area contributed by atoms with Crippen LogP contribution < -0.4 is 5.32 Å². The van der Waals surface area contributed by atoms with Crippen LogP contribution in [0.15, 0.2) is 36.7 Å². The van der Waals surface area contributed by atoms with Crippen LogP contribution in [0.2, 0.25) is 0 Å². The minimum absolute atomic E-state index is 0.0991. The largest absolute Gasteiger partial charge is 0.433 e.